The maximum absolute atomic E-state index is 9.96. The molecule has 0 aliphatic heterocycles. The molecule has 0 aliphatic rings. The molecule has 0 aliphatic carbocycles. The Balaban J connectivity index is 2.69. The molecule has 0 amide bonds. The number of hydrogen-bond donors (Lipinski definition) is 1. The number of aliphatic hydroxyl groups excluding tert-OH is 1. The predicted octanol–water partition coefficient (Wildman–Crippen LogP) is 2.20. The van der Waals surface area contributed by atoms with Crippen molar-refractivity contribution < 1.29 is 5.11 Å². The van der Waals surface area contributed by atoms with Gasteiger partial charge in [0.1, 0.15) is 0 Å². The van der Waals surface area contributed by atoms with Gasteiger partial charge in [0, 0.05) is 18.3 Å². The maximum atomic E-state index is 9.96. The third-order valence-electron chi connectivity index (χ3n) is 2.95. The summed E-state index contributed by atoms with van der Waals surface area (Å²) >= 11 is 0. The zero-order valence-electron chi connectivity index (χ0n) is 9.49. The number of nitrogens with zero attached hydrogens (tertiary/aromatic N) is 2. The van der Waals surface area contributed by atoms with Gasteiger partial charge in [-0.05, 0) is 19.3 Å². The topological polar surface area (TPSA) is 38.1 Å². The Bertz CT molecular complexity index is 293. The average Bonchev–Trinajstić information content (AvgIpc) is 2.47. The fourth-order valence-electron chi connectivity index (χ4n) is 1.52. The van der Waals surface area contributed by atoms with Crippen molar-refractivity contribution in [1.82, 2.24) is 9.78 Å². The summed E-state index contributed by atoms with van der Waals surface area (Å²) in [4.78, 5) is 0. The first-order chi connectivity index (χ1) is 6.56. The molecule has 2 atom stereocenters. The highest BCUT2D eigenvalue weighted by Crippen LogP contribution is 2.24. The van der Waals surface area contributed by atoms with Crippen molar-refractivity contribution in [2.24, 2.45) is 13.0 Å². The van der Waals surface area contributed by atoms with Gasteiger partial charge in [-0.1, -0.05) is 20.3 Å². The number of aromatic nitrogens is 2. The van der Waals surface area contributed by atoms with Crippen LogP contribution in [0.4, 0.5) is 0 Å². The van der Waals surface area contributed by atoms with E-state index in [-0.39, 0.29) is 6.10 Å². The highest BCUT2D eigenvalue weighted by atomic mass is 16.3. The summed E-state index contributed by atoms with van der Waals surface area (Å²) in [5, 5.41) is 14.1. The third kappa shape index (κ3) is 2.35. The van der Waals surface area contributed by atoms with Gasteiger partial charge in [-0.3, -0.25) is 4.68 Å². The summed E-state index contributed by atoms with van der Waals surface area (Å²) in [7, 11) is 1.90. The van der Waals surface area contributed by atoms with Gasteiger partial charge in [0.15, 0.2) is 0 Å². The van der Waals surface area contributed by atoms with E-state index >= 15 is 0 Å². The van der Waals surface area contributed by atoms with Crippen LogP contribution in [0.15, 0.2) is 6.20 Å². The van der Waals surface area contributed by atoms with E-state index in [4.69, 9.17) is 0 Å². The van der Waals surface area contributed by atoms with Gasteiger partial charge in [0.05, 0.1) is 12.3 Å². The van der Waals surface area contributed by atoms with Gasteiger partial charge in [-0.15, -0.1) is 0 Å². The minimum absolute atomic E-state index is 0.362. The molecule has 3 heteroatoms. The lowest BCUT2D eigenvalue weighted by Crippen LogP contribution is -2.05. The summed E-state index contributed by atoms with van der Waals surface area (Å²) in [5.41, 5.74) is 2.02. The fourth-order valence-corrected chi connectivity index (χ4v) is 1.52. The molecule has 0 saturated carbocycles. The molecular weight excluding hydrogens is 176 g/mol. The lowest BCUT2D eigenvalue weighted by molar-refractivity contribution is 0.145. The van der Waals surface area contributed by atoms with Crippen molar-refractivity contribution in [3.63, 3.8) is 0 Å². The lowest BCUT2D eigenvalue weighted by atomic mass is 9.97. The highest BCUT2D eigenvalue weighted by Gasteiger charge is 2.15. The van der Waals surface area contributed by atoms with Crippen LogP contribution in [-0.2, 0) is 7.05 Å². The molecule has 0 spiro atoms. The van der Waals surface area contributed by atoms with Gasteiger partial charge in [-0.2, -0.15) is 5.10 Å². The highest BCUT2D eigenvalue weighted by molar-refractivity contribution is 5.18. The van der Waals surface area contributed by atoms with Crippen LogP contribution in [0.5, 0.6) is 0 Å². The first-order valence-electron chi connectivity index (χ1n) is 5.22. The summed E-state index contributed by atoms with van der Waals surface area (Å²) in [6.07, 6.45) is 3.33. The Hall–Kier alpha value is -0.830. The second-order valence-corrected chi connectivity index (χ2v) is 4.07. The molecule has 0 bridgehead atoms. The summed E-state index contributed by atoms with van der Waals surface area (Å²) < 4.78 is 1.80. The third-order valence-corrected chi connectivity index (χ3v) is 2.95. The van der Waals surface area contributed by atoms with Crippen molar-refractivity contribution in [2.75, 3.05) is 0 Å². The largest absolute Gasteiger partial charge is 0.388 e. The van der Waals surface area contributed by atoms with Crippen LogP contribution < -0.4 is 0 Å². The van der Waals surface area contributed by atoms with E-state index in [9.17, 15) is 5.11 Å². The molecule has 0 saturated heterocycles. The smallest absolute Gasteiger partial charge is 0.0825 e. The summed E-state index contributed by atoms with van der Waals surface area (Å²) in [5.74, 6) is 0.560. The molecule has 1 rings (SSSR count). The van der Waals surface area contributed by atoms with Crippen LogP contribution in [-0.4, -0.2) is 14.9 Å². The van der Waals surface area contributed by atoms with Crippen molar-refractivity contribution in [3.05, 3.63) is 17.5 Å². The molecule has 14 heavy (non-hydrogen) atoms. The molecule has 80 valence electrons. The molecule has 0 fully saturated rings. The van der Waals surface area contributed by atoms with Gasteiger partial charge >= 0.3 is 0 Å². The minimum Gasteiger partial charge on any atom is -0.388 e. The zero-order chi connectivity index (χ0) is 10.7. The Morgan fingerprint density at radius 1 is 1.57 bits per heavy atom. The van der Waals surface area contributed by atoms with Crippen LogP contribution in [0.3, 0.4) is 0 Å². The van der Waals surface area contributed by atoms with E-state index in [1.165, 1.54) is 0 Å². The molecule has 0 aromatic carbocycles. The normalized spacial score (nSPS) is 15.5. The summed E-state index contributed by atoms with van der Waals surface area (Å²) in [6, 6.07) is 0. The number of aryl methyl sites for hydroxylation is 1. The summed E-state index contributed by atoms with van der Waals surface area (Å²) in [6.45, 7) is 6.30. The van der Waals surface area contributed by atoms with Gasteiger partial charge in [0.25, 0.3) is 0 Å². The predicted molar refractivity (Wildman–Crippen MR) is 57.0 cm³/mol. The van der Waals surface area contributed by atoms with E-state index < -0.39 is 0 Å². The quantitative estimate of drug-likeness (QED) is 0.801. The molecular formula is C11H20N2O. The van der Waals surface area contributed by atoms with Crippen molar-refractivity contribution in [3.8, 4) is 0 Å². The molecule has 1 heterocycles. The van der Waals surface area contributed by atoms with Crippen LogP contribution in [0.1, 0.15) is 44.1 Å². The van der Waals surface area contributed by atoms with Crippen LogP contribution >= 0.6 is 0 Å². The minimum atomic E-state index is -0.362. The van der Waals surface area contributed by atoms with Crippen molar-refractivity contribution in [1.29, 1.82) is 0 Å². The van der Waals surface area contributed by atoms with E-state index in [0.29, 0.717) is 5.92 Å². The monoisotopic (exact) mass is 196 g/mol. The number of aliphatic hydroxyl groups is 1. The van der Waals surface area contributed by atoms with Gasteiger partial charge in [-0.25, -0.2) is 0 Å². The fraction of sp³-hybridized carbons (Fsp3) is 0.727. The number of hydrogen-bond acceptors (Lipinski definition) is 2. The second-order valence-electron chi connectivity index (χ2n) is 4.07. The Kier molecular flexibility index (Phi) is 3.69. The second kappa shape index (κ2) is 4.60. The average molecular weight is 196 g/mol. The van der Waals surface area contributed by atoms with E-state index in [2.05, 4.69) is 18.9 Å². The Labute approximate surface area is 85.8 Å². The van der Waals surface area contributed by atoms with Crippen LogP contribution in [0.2, 0.25) is 0 Å². The van der Waals surface area contributed by atoms with Crippen molar-refractivity contribution in [2.45, 2.75) is 39.7 Å². The van der Waals surface area contributed by atoms with E-state index in [0.717, 1.165) is 24.1 Å². The van der Waals surface area contributed by atoms with E-state index in [1.54, 1.807) is 10.9 Å². The van der Waals surface area contributed by atoms with Crippen LogP contribution in [0.25, 0.3) is 0 Å². The number of rotatable bonds is 4. The first-order valence-corrected chi connectivity index (χ1v) is 5.22. The lowest BCUT2D eigenvalue weighted by Gasteiger charge is -2.14. The Morgan fingerprint density at radius 2 is 2.21 bits per heavy atom. The Morgan fingerprint density at radius 3 is 2.64 bits per heavy atom. The zero-order valence-corrected chi connectivity index (χ0v) is 9.49. The molecule has 2 unspecified atom stereocenters. The van der Waals surface area contributed by atoms with Gasteiger partial charge in [0.2, 0.25) is 0 Å². The SMILES string of the molecule is CCC(C)CC(O)c1cnn(C)c1C. The first kappa shape index (κ1) is 11.2. The molecule has 0 radical (unpaired) electrons. The standard InChI is InChI=1S/C11H20N2O/c1-5-8(2)6-11(14)10-7-12-13(4)9(10)3/h7-8,11,14H,5-6H2,1-4H3. The van der Waals surface area contributed by atoms with E-state index in [1.807, 2.05) is 14.0 Å². The maximum Gasteiger partial charge on any atom is 0.0825 e. The molecule has 1 N–H and O–H groups in total. The molecule has 1 aromatic rings. The molecule has 1 aromatic heterocycles. The molecule has 3 nitrogen and oxygen atoms in total. The van der Waals surface area contributed by atoms with Crippen molar-refractivity contribution >= 4 is 0 Å². The van der Waals surface area contributed by atoms with Gasteiger partial charge < -0.3 is 5.11 Å². The van der Waals surface area contributed by atoms with Crippen LogP contribution in [0, 0.1) is 12.8 Å².